The third-order valence-corrected chi connectivity index (χ3v) is 3.69. The molecule has 3 rings (SSSR count). The van der Waals surface area contributed by atoms with E-state index in [1.54, 1.807) is 24.3 Å². The molecule has 138 valence electrons. The van der Waals surface area contributed by atoms with Gasteiger partial charge in [-0.05, 0) is 18.2 Å². The fourth-order valence-electron chi connectivity index (χ4n) is 2.47. The molecule has 0 saturated heterocycles. The van der Waals surface area contributed by atoms with Crippen molar-refractivity contribution in [2.75, 3.05) is 13.2 Å². The van der Waals surface area contributed by atoms with E-state index in [1.807, 2.05) is 18.2 Å². The third kappa shape index (κ3) is 4.75. The maximum absolute atomic E-state index is 12.4. The number of urea groups is 1. The summed E-state index contributed by atoms with van der Waals surface area (Å²) in [5.74, 6) is 1.33. The second-order valence-electron chi connectivity index (χ2n) is 5.55. The molecule has 0 radical (unpaired) electrons. The second-order valence-corrected chi connectivity index (χ2v) is 5.55. The van der Waals surface area contributed by atoms with Crippen molar-refractivity contribution in [1.29, 1.82) is 0 Å². The van der Waals surface area contributed by atoms with Gasteiger partial charge in [0, 0.05) is 12.1 Å². The molecule has 0 aliphatic carbocycles. The van der Waals surface area contributed by atoms with Crippen LogP contribution in [0.3, 0.4) is 0 Å². The van der Waals surface area contributed by atoms with Crippen molar-refractivity contribution in [3.63, 3.8) is 0 Å². The van der Waals surface area contributed by atoms with E-state index in [4.69, 9.17) is 9.47 Å². The lowest BCUT2D eigenvalue weighted by atomic mass is 10.2. The number of benzene rings is 2. The van der Waals surface area contributed by atoms with Gasteiger partial charge >= 0.3 is 12.6 Å². The summed E-state index contributed by atoms with van der Waals surface area (Å²) in [5.41, 5.74) is 0.453. The summed E-state index contributed by atoms with van der Waals surface area (Å²) in [7, 11) is 0. The number of carbonyl (C=O) groups excluding carboxylic acids is 1. The largest absolute Gasteiger partial charge is 0.486 e. The van der Waals surface area contributed by atoms with Gasteiger partial charge in [-0.1, -0.05) is 30.3 Å². The van der Waals surface area contributed by atoms with E-state index in [1.165, 1.54) is 6.07 Å². The number of nitrogens with one attached hydrogen (secondary N) is 2. The van der Waals surface area contributed by atoms with Gasteiger partial charge in [-0.15, -0.1) is 0 Å². The highest BCUT2D eigenvalue weighted by Gasteiger charge is 2.21. The number of fused-ring (bicyclic) bond motifs is 1. The number of carbonyl (C=O) groups is 1. The molecule has 0 bridgehead atoms. The van der Waals surface area contributed by atoms with E-state index in [2.05, 4.69) is 15.4 Å². The molecule has 1 heterocycles. The van der Waals surface area contributed by atoms with Crippen LogP contribution in [-0.4, -0.2) is 31.9 Å². The number of halogens is 2. The summed E-state index contributed by atoms with van der Waals surface area (Å²) >= 11 is 0. The van der Waals surface area contributed by atoms with Crippen LogP contribution in [0.25, 0.3) is 0 Å². The minimum atomic E-state index is -2.92. The lowest BCUT2D eigenvalue weighted by Gasteiger charge is -2.26. The number of hydrogen-bond acceptors (Lipinski definition) is 4. The van der Waals surface area contributed by atoms with Gasteiger partial charge in [-0.25, -0.2) is 4.79 Å². The number of para-hydroxylation sites is 3. The summed E-state index contributed by atoms with van der Waals surface area (Å²) in [6.07, 6.45) is -0.315. The first-order chi connectivity index (χ1) is 12.6. The van der Waals surface area contributed by atoms with E-state index >= 15 is 0 Å². The van der Waals surface area contributed by atoms with E-state index in [0.717, 1.165) is 0 Å². The Morgan fingerprint density at radius 1 is 1.12 bits per heavy atom. The molecular formula is C18H18F2N2O4. The Morgan fingerprint density at radius 3 is 2.65 bits per heavy atom. The summed E-state index contributed by atoms with van der Waals surface area (Å²) in [5, 5.41) is 5.27. The van der Waals surface area contributed by atoms with Gasteiger partial charge in [-0.3, -0.25) is 0 Å². The zero-order chi connectivity index (χ0) is 18.4. The summed E-state index contributed by atoms with van der Waals surface area (Å²) in [4.78, 5) is 11.9. The summed E-state index contributed by atoms with van der Waals surface area (Å²) in [6.45, 7) is -2.30. The molecule has 8 heteroatoms. The maximum Gasteiger partial charge on any atom is 0.387 e. The van der Waals surface area contributed by atoms with E-state index in [-0.39, 0.29) is 24.9 Å². The van der Waals surface area contributed by atoms with Gasteiger partial charge in [0.15, 0.2) is 17.6 Å². The Morgan fingerprint density at radius 2 is 1.85 bits per heavy atom. The van der Waals surface area contributed by atoms with Crippen LogP contribution in [-0.2, 0) is 6.54 Å². The SMILES string of the molecule is O=C(NCc1ccccc1OC(F)F)NC[C@H]1COc2ccccc2O1. The number of hydrogen-bond donors (Lipinski definition) is 2. The van der Waals surface area contributed by atoms with Crippen molar-refractivity contribution in [1.82, 2.24) is 10.6 Å². The van der Waals surface area contributed by atoms with E-state index < -0.39 is 12.6 Å². The van der Waals surface area contributed by atoms with Crippen LogP contribution in [0.2, 0.25) is 0 Å². The fourth-order valence-corrected chi connectivity index (χ4v) is 2.47. The smallest absolute Gasteiger partial charge is 0.387 e. The van der Waals surface area contributed by atoms with E-state index in [0.29, 0.717) is 23.7 Å². The molecule has 1 aliphatic heterocycles. The van der Waals surface area contributed by atoms with Crippen molar-refractivity contribution >= 4 is 6.03 Å². The molecule has 6 nitrogen and oxygen atoms in total. The Hall–Kier alpha value is -3.03. The quantitative estimate of drug-likeness (QED) is 0.827. The molecular weight excluding hydrogens is 346 g/mol. The van der Waals surface area contributed by atoms with Gasteiger partial charge in [0.1, 0.15) is 12.4 Å². The average Bonchev–Trinajstić information content (AvgIpc) is 2.65. The molecule has 0 spiro atoms. The first-order valence-electron chi connectivity index (χ1n) is 8.04. The average molecular weight is 364 g/mol. The zero-order valence-corrected chi connectivity index (χ0v) is 13.8. The van der Waals surface area contributed by atoms with Crippen molar-refractivity contribution < 1.29 is 27.8 Å². The van der Waals surface area contributed by atoms with Crippen molar-refractivity contribution in [3.8, 4) is 17.2 Å². The molecule has 1 aliphatic rings. The molecule has 2 aromatic carbocycles. The van der Waals surface area contributed by atoms with Gasteiger partial charge < -0.3 is 24.8 Å². The van der Waals surface area contributed by atoms with Crippen molar-refractivity contribution in [2.45, 2.75) is 19.3 Å². The van der Waals surface area contributed by atoms with Crippen LogP contribution in [0.5, 0.6) is 17.2 Å². The predicted octanol–water partition coefficient (Wildman–Crippen LogP) is 2.93. The highest BCUT2D eigenvalue weighted by atomic mass is 19.3. The molecule has 0 fully saturated rings. The van der Waals surface area contributed by atoms with Crippen molar-refractivity contribution in [3.05, 3.63) is 54.1 Å². The van der Waals surface area contributed by atoms with Crippen molar-refractivity contribution in [2.24, 2.45) is 0 Å². The first kappa shape index (κ1) is 17.8. The highest BCUT2D eigenvalue weighted by Crippen LogP contribution is 2.30. The number of ether oxygens (including phenoxy) is 3. The summed E-state index contributed by atoms with van der Waals surface area (Å²) < 4.78 is 40.5. The molecule has 0 aromatic heterocycles. The van der Waals surface area contributed by atoms with Crippen LogP contribution < -0.4 is 24.8 Å². The standard InChI is InChI=1S/C18H18F2N2O4/c19-17(20)26-14-6-2-1-5-12(14)9-21-18(23)22-10-13-11-24-15-7-3-4-8-16(15)25-13/h1-8,13,17H,9-11H2,(H2,21,22,23)/t13-/m0/s1. The monoisotopic (exact) mass is 364 g/mol. The summed E-state index contributed by atoms with van der Waals surface area (Å²) in [6, 6.07) is 13.1. The topological polar surface area (TPSA) is 68.8 Å². The number of alkyl halides is 2. The van der Waals surface area contributed by atoms with E-state index in [9.17, 15) is 13.6 Å². The third-order valence-electron chi connectivity index (χ3n) is 3.69. The first-order valence-corrected chi connectivity index (χ1v) is 8.04. The lowest BCUT2D eigenvalue weighted by Crippen LogP contribution is -2.44. The minimum Gasteiger partial charge on any atom is -0.486 e. The van der Waals surface area contributed by atoms with Crippen LogP contribution in [0.1, 0.15) is 5.56 Å². The molecule has 1 atom stereocenters. The van der Waals surface area contributed by atoms with Gasteiger partial charge in [0.05, 0.1) is 6.54 Å². The maximum atomic E-state index is 12.4. The van der Waals surface area contributed by atoms with Gasteiger partial charge in [0.25, 0.3) is 0 Å². The lowest BCUT2D eigenvalue weighted by molar-refractivity contribution is -0.0504. The van der Waals surface area contributed by atoms with Crippen LogP contribution in [0.4, 0.5) is 13.6 Å². The fraction of sp³-hybridized carbons (Fsp3) is 0.278. The van der Waals surface area contributed by atoms with Gasteiger partial charge in [0.2, 0.25) is 0 Å². The molecule has 0 saturated carbocycles. The number of rotatable bonds is 6. The van der Waals surface area contributed by atoms with Crippen LogP contribution in [0, 0.1) is 0 Å². The molecule has 0 unspecified atom stereocenters. The second kappa shape index (κ2) is 8.37. The normalized spacial score (nSPS) is 15.4. The number of amides is 2. The molecule has 2 amide bonds. The minimum absolute atomic E-state index is 0.0309. The van der Waals surface area contributed by atoms with Gasteiger partial charge in [-0.2, -0.15) is 8.78 Å². The Bertz CT molecular complexity index is 757. The Balaban J connectivity index is 1.46. The Kier molecular flexibility index (Phi) is 5.73. The zero-order valence-electron chi connectivity index (χ0n) is 13.8. The molecule has 26 heavy (non-hydrogen) atoms. The molecule has 2 aromatic rings. The molecule has 2 N–H and O–H groups in total. The Labute approximate surface area is 149 Å². The predicted molar refractivity (Wildman–Crippen MR) is 89.7 cm³/mol. The van der Waals surface area contributed by atoms with Crippen LogP contribution in [0.15, 0.2) is 48.5 Å². The highest BCUT2D eigenvalue weighted by molar-refractivity contribution is 5.74. The van der Waals surface area contributed by atoms with Crippen LogP contribution >= 0.6 is 0 Å².